The average Bonchev–Trinajstić information content (AvgIpc) is 3.64. The summed E-state index contributed by atoms with van der Waals surface area (Å²) in [6, 6.07) is 7.60. The molecule has 10 heteroatoms. The third kappa shape index (κ3) is 7.72. The number of anilines is 1. The van der Waals surface area contributed by atoms with E-state index in [1.807, 2.05) is 32.0 Å². The zero-order chi connectivity index (χ0) is 29.1. The minimum Gasteiger partial charge on any atom is -0.508 e. The Labute approximate surface area is 228 Å². The Morgan fingerprint density at radius 1 is 1.05 bits per heavy atom. The van der Waals surface area contributed by atoms with E-state index in [4.69, 9.17) is 10.5 Å². The number of alkyl carbamates (subject to hydrolysis) is 1. The van der Waals surface area contributed by atoms with Gasteiger partial charge in [-0.05, 0) is 88.8 Å². The Balaban J connectivity index is 2.05. The quantitative estimate of drug-likeness (QED) is 0.382. The topological polar surface area (TPSA) is 151 Å². The molecule has 10 nitrogen and oxygen atoms in total. The van der Waals surface area contributed by atoms with E-state index in [0.717, 1.165) is 11.1 Å². The van der Waals surface area contributed by atoms with Crippen molar-refractivity contribution < 1.29 is 29.0 Å². The Bertz CT molecular complexity index is 1240. The van der Waals surface area contributed by atoms with Crippen LogP contribution in [0.25, 0.3) is 0 Å². The molecule has 2 unspecified atom stereocenters. The van der Waals surface area contributed by atoms with Gasteiger partial charge in [0, 0.05) is 11.7 Å². The molecule has 2 atom stereocenters. The molecule has 0 aliphatic heterocycles. The molecule has 39 heavy (non-hydrogen) atoms. The van der Waals surface area contributed by atoms with Gasteiger partial charge in [-0.15, -0.1) is 0 Å². The number of carbonyl (C=O) groups excluding carboxylic acids is 4. The highest BCUT2D eigenvalue weighted by Gasteiger charge is 2.44. The van der Waals surface area contributed by atoms with Gasteiger partial charge in [-0.1, -0.05) is 24.3 Å². The Morgan fingerprint density at radius 2 is 1.67 bits per heavy atom. The smallest absolute Gasteiger partial charge is 0.408 e. The van der Waals surface area contributed by atoms with E-state index in [-0.39, 0.29) is 11.8 Å². The van der Waals surface area contributed by atoms with Gasteiger partial charge in [0.15, 0.2) is 0 Å². The van der Waals surface area contributed by atoms with Crippen LogP contribution in [0.4, 0.5) is 10.5 Å². The third-order valence-electron chi connectivity index (χ3n) is 6.38. The van der Waals surface area contributed by atoms with Crippen molar-refractivity contribution in [3.05, 3.63) is 58.7 Å². The van der Waals surface area contributed by atoms with Crippen LogP contribution in [0.3, 0.4) is 0 Å². The first-order valence-corrected chi connectivity index (χ1v) is 12.9. The second kappa shape index (κ2) is 11.8. The number of amides is 4. The van der Waals surface area contributed by atoms with Gasteiger partial charge >= 0.3 is 6.09 Å². The monoisotopic (exact) mass is 538 g/mol. The highest BCUT2D eigenvalue weighted by atomic mass is 16.6. The lowest BCUT2D eigenvalue weighted by molar-refractivity contribution is -0.142. The number of nitrogens with two attached hydrogens (primary N) is 1. The van der Waals surface area contributed by atoms with Crippen LogP contribution in [0.1, 0.15) is 68.3 Å². The molecular weight excluding hydrogens is 500 g/mol. The standard InChI is InChI=1S/C29H38N4O6/c1-16-8-7-9-17(2)24(16)32-26(36)25(19-10-13-22(34)18(3)14-19)33(20-11-12-20)27(37)21(15-23(30)35)31-28(38)39-29(4,5)6/h7-10,13-14,20-21,25,34H,11-12,15H2,1-6H3,(H2,30,35)(H,31,38)(H,32,36). The Kier molecular flexibility index (Phi) is 8.88. The van der Waals surface area contributed by atoms with E-state index in [0.29, 0.717) is 29.7 Å². The second-order valence-corrected chi connectivity index (χ2v) is 11.1. The summed E-state index contributed by atoms with van der Waals surface area (Å²) in [5.74, 6) is -1.84. The summed E-state index contributed by atoms with van der Waals surface area (Å²) in [6.07, 6.45) is -0.0617. The summed E-state index contributed by atoms with van der Waals surface area (Å²) in [6.45, 7) is 10.5. The SMILES string of the molecule is Cc1cc(C(C(=O)Nc2c(C)cccc2C)N(C(=O)C(CC(N)=O)NC(=O)OC(C)(C)C)C2CC2)ccc1O. The number of carbonyl (C=O) groups is 4. The predicted octanol–water partition coefficient (Wildman–Crippen LogP) is 3.76. The molecule has 2 aromatic carbocycles. The van der Waals surface area contributed by atoms with Crippen LogP contribution in [0.5, 0.6) is 5.75 Å². The lowest BCUT2D eigenvalue weighted by Crippen LogP contribution is -2.54. The van der Waals surface area contributed by atoms with Gasteiger partial charge in [-0.3, -0.25) is 14.4 Å². The van der Waals surface area contributed by atoms with Gasteiger partial charge in [0.1, 0.15) is 23.4 Å². The lowest BCUT2D eigenvalue weighted by Gasteiger charge is -2.35. The fourth-order valence-electron chi connectivity index (χ4n) is 4.39. The van der Waals surface area contributed by atoms with Crippen molar-refractivity contribution in [2.24, 2.45) is 5.73 Å². The van der Waals surface area contributed by atoms with Gasteiger partial charge < -0.3 is 31.1 Å². The van der Waals surface area contributed by atoms with Crippen molar-refractivity contribution in [2.45, 2.75) is 84.5 Å². The van der Waals surface area contributed by atoms with Gasteiger partial charge in [0.2, 0.25) is 11.8 Å². The maximum Gasteiger partial charge on any atom is 0.408 e. The number of para-hydroxylation sites is 1. The molecule has 1 aliphatic carbocycles. The van der Waals surface area contributed by atoms with E-state index in [9.17, 15) is 24.3 Å². The fourth-order valence-corrected chi connectivity index (χ4v) is 4.39. The van der Waals surface area contributed by atoms with Crippen molar-refractivity contribution in [2.75, 3.05) is 5.32 Å². The number of nitrogens with zero attached hydrogens (tertiary/aromatic N) is 1. The van der Waals surface area contributed by atoms with Crippen LogP contribution in [0, 0.1) is 20.8 Å². The summed E-state index contributed by atoms with van der Waals surface area (Å²) >= 11 is 0. The molecule has 0 saturated heterocycles. The molecule has 210 valence electrons. The summed E-state index contributed by atoms with van der Waals surface area (Å²) in [5, 5.41) is 15.6. The van der Waals surface area contributed by atoms with E-state index < -0.39 is 47.9 Å². The number of aromatic hydroxyl groups is 1. The maximum atomic E-state index is 14.0. The number of phenolic OH excluding ortho intramolecular Hbond substituents is 1. The summed E-state index contributed by atoms with van der Waals surface area (Å²) in [7, 11) is 0. The summed E-state index contributed by atoms with van der Waals surface area (Å²) in [4.78, 5) is 53.9. The number of benzene rings is 2. The molecule has 1 aliphatic rings. The van der Waals surface area contributed by atoms with Gasteiger partial charge in [0.25, 0.3) is 5.91 Å². The molecule has 3 rings (SSSR count). The third-order valence-corrected chi connectivity index (χ3v) is 6.38. The first-order chi connectivity index (χ1) is 18.2. The summed E-state index contributed by atoms with van der Waals surface area (Å²) < 4.78 is 5.30. The van der Waals surface area contributed by atoms with Crippen LogP contribution < -0.4 is 16.4 Å². The minimum atomic E-state index is -1.34. The zero-order valence-corrected chi connectivity index (χ0v) is 23.3. The van der Waals surface area contributed by atoms with Crippen LogP contribution in [-0.2, 0) is 19.1 Å². The molecule has 0 radical (unpaired) electrons. The Hall–Kier alpha value is -4.08. The second-order valence-electron chi connectivity index (χ2n) is 11.1. The molecule has 1 saturated carbocycles. The van der Waals surface area contributed by atoms with Gasteiger partial charge in [0.05, 0.1) is 6.42 Å². The van der Waals surface area contributed by atoms with Crippen LogP contribution in [0.2, 0.25) is 0 Å². The van der Waals surface area contributed by atoms with Crippen molar-refractivity contribution >= 4 is 29.5 Å². The van der Waals surface area contributed by atoms with Gasteiger partial charge in [-0.25, -0.2) is 4.79 Å². The van der Waals surface area contributed by atoms with Crippen molar-refractivity contribution in [1.82, 2.24) is 10.2 Å². The van der Waals surface area contributed by atoms with Crippen LogP contribution in [-0.4, -0.2) is 51.5 Å². The molecule has 2 aromatic rings. The average molecular weight is 539 g/mol. The number of nitrogens with one attached hydrogen (secondary N) is 2. The molecule has 1 fully saturated rings. The Morgan fingerprint density at radius 3 is 2.18 bits per heavy atom. The molecule has 4 amide bonds. The first-order valence-electron chi connectivity index (χ1n) is 12.9. The number of aryl methyl sites for hydroxylation is 3. The molecule has 5 N–H and O–H groups in total. The predicted molar refractivity (Wildman–Crippen MR) is 147 cm³/mol. The van der Waals surface area contributed by atoms with Crippen molar-refractivity contribution in [3.8, 4) is 5.75 Å². The number of ether oxygens (including phenoxy) is 1. The van der Waals surface area contributed by atoms with Crippen molar-refractivity contribution in [1.29, 1.82) is 0 Å². The van der Waals surface area contributed by atoms with Crippen LogP contribution in [0.15, 0.2) is 36.4 Å². The normalized spacial score (nSPS) is 14.6. The molecule has 0 heterocycles. The largest absolute Gasteiger partial charge is 0.508 e. The molecule has 0 bridgehead atoms. The number of primary amides is 1. The minimum absolute atomic E-state index is 0.0511. The van der Waals surface area contributed by atoms with Crippen molar-refractivity contribution in [3.63, 3.8) is 0 Å². The molecular formula is C29H38N4O6. The fraction of sp³-hybridized carbons (Fsp3) is 0.448. The number of hydrogen-bond donors (Lipinski definition) is 4. The summed E-state index contributed by atoms with van der Waals surface area (Å²) in [5.41, 5.74) is 7.94. The first kappa shape index (κ1) is 29.5. The van der Waals surface area contributed by atoms with Crippen LogP contribution >= 0.6 is 0 Å². The van der Waals surface area contributed by atoms with E-state index in [1.165, 1.54) is 11.0 Å². The number of phenols is 1. The van der Waals surface area contributed by atoms with E-state index >= 15 is 0 Å². The zero-order valence-electron chi connectivity index (χ0n) is 23.3. The number of hydrogen-bond acceptors (Lipinski definition) is 6. The van der Waals surface area contributed by atoms with E-state index in [1.54, 1.807) is 39.8 Å². The highest BCUT2D eigenvalue weighted by Crippen LogP contribution is 2.37. The molecule has 0 spiro atoms. The molecule has 0 aromatic heterocycles. The van der Waals surface area contributed by atoms with E-state index in [2.05, 4.69) is 10.6 Å². The number of rotatable bonds is 9. The van der Waals surface area contributed by atoms with Gasteiger partial charge in [-0.2, -0.15) is 0 Å². The highest BCUT2D eigenvalue weighted by molar-refractivity contribution is 6.00. The lowest BCUT2D eigenvalue weighted by atomic mass is 9.99. The maximum absolute atomic E-state index is 14.0.